The molecule has 16 heavy (non-hydrogen) atoms. The highest BCUT2D eigenvalue weighted by Crippen LogP contribution is 2.28. The zero-order valence-corrected chi connectivity index (χ0v) is 9.28. The van der Waals surface area contributed by atoms with Gasteiger partial charge in [-0.2, -0.15) is 5.10 Å². The minimum absolute atomic E-state index is 0.194. The van der Waals surface area contributed by atoms with Crippen LogP contribution < -0.4 is 4.90 Å². The van der Waals surface area contributed by atoms with Gasteiger partial charge in [0.25, 0.3) is 0 Å². The van der Waals surface area contributed by atoms with Gasteiger partial charge in [-0.25, -0.2) is 4.39 Å². The van der Waals surface area contributed by atoms with Crippen LogP contribution in [0.2, 0.25) is 0 Å². The molecular formula is C12H14FN3. The third-order valence-electron chi connectivity index (χ3n) is 3.20. The van der Waals surface area contributed by atoms with Crippen LogP contribution in [0.4, 0.5) is 10.2 Å². The predicted molar refractivity (Wildman–Crippen MR) is 62.1 cm³/mol. The van der Waals surface area contributed by atoms with Crippen molar-refractivity contribution in [1.29, 1.82) is 0 Å². The Morgan fingerprint density at radius 2 is 2.00 bits per heavy atom. The lowest BCUT2D eigenvalue weighted by molar-refractivity contribution is 0.629. The standard InChI is InChI=1S/C12H14FN3/c1-15-11-5-4-9(13)8-10(11)12(14-15)16-6-2-3-7-16/h4-5,8H,2-3,6-7H2,1H3. The van der Waals surface area contributed by atoms with E-state index in [1.807, 2.05) is 11.7 Å². The number of aryl methyl sites for hydroxylation is 1. The third kappa shape index (κ3) is 1.37. The molecule has 1 aliphatic rings. The summed E-state index contributed by atoms with van der Waals surface area (Å²) in [6.45, 7) is 2.06. The van der Waals surface area contributed by atoms with Gasteiger partial charge < -0.3 is 4.90 Å². The lowest BCUT2D eigenvalue weighted by Crippen LogP contribution is -2.18. The average Bonchev–Trinajstić information content (AvgIpc) is 2.86. The molecule has 0 spiro atoms. The summed E-state index contributed by atoms with van der Waals surface area (Å²) in [7, 11) is 1.90. The fraction of sp³-hybridized carbons (Fsp3) is 0.417. The SMILES string of the molecule is Cn1nc(N2CCCC2)c2cc(F)ccc21. The number of hydrogen-bond acceptors (Lipinski definition) is 2. The molecule has 0 radical (unpaired) electrons. The van der Waals surface area contributed by atoms with Crippen LogP contribution in [0.5, 0.6) is 0 Å². The molecule has 84 valence electrons. The van der Waals surface area contributed by atoms with Gasteiger partial charge in [0.15, 0.2) is 5.82 Å². The topological polar surface area (TPSA) is 21.1 Å². The van der Waals surface area contributed by atoms with Crippen LogP contribution >= 0.6 is 0 Å². The van der Waals surface area contributed by atoms with E-state index in [0.717, 1.165) is 29.8 Å². The second-order valence-electron chi connectivity index (χ2n) is 4.30. The maximum absolute atomic E-state index is 13.3. The summed E-state index contributed by atoms with van der Waals surface area (Å²) in [4.78, 5) is 2.24. The zero-order valence-electron chi connectivity index (χ0n) is 9.28. The van der Waals surface area contributed by atoms with E-state index < -0.39 is 0 Å². The Kier molecular flexibility index (Phi) is 2.09. The molecule has 1 aromatic heterocycles. The summed E-state index contributed by atoms with van der Waals surface area (Å²) in [6, 6.07) is 4.85. The fourth-order valence-corrected chi connectivity index (χ4v) is 2.38. The highest BCUT2D eigenvalue weighted by Gasteiger charge is 2.19. The van der Waals surface area contributed by atoms with E-state index in [4.69, 9.17) is 0 Å². The van der Waals surface area contributed by atoms with Gasteiger partial charge in [0.05, 0.1) is 5.52 Å². The molecular weight excluding hydrogens is 205 g/mol. The quantitative estimate of drug-likeness (QED) is 0.734. The van der Waals surface area contributed by atoms with E-state index in [2.05, 4.69) is 10.00 Å². The molecule has 0 N–H and O–H groups in total. The van der Waals surface area contributed by atoms with E-state index in [9.17, 15) is 4.39 Å². The lowest BCUT2D eigenvalue weighted by Gasteiger charge is -2.13. The van der Waals surface area contributed by atoms with Crippen LogP contribution in [0, 0.1) is 5.82 Å². The first-order valence-electron chi connectivity index (χ1n) is 5.63. The minimum atomic E-state index is -0.194. The summed E-state index contributed by atoms with van der Waals surface area (Å²) < 4.78 is 15.1. The smallest absolute Gasteiger partial charge is 0.158 e. The van der Waals surface area contributed by atoms with Crippen molar-refractivity contribution in [2.75, 3.05) is 18.0 Å². The van der Waals surface area contributed by atoms with Crippen LogP contribution in [-0.2, 0) is 7.05 Å². The minimum Gasteiger partial charge on any atom is -0.355 e. The molecule has 3 rings (SSSR count). The normalized spacial score (nSPS) is 16.2. The summed E-state index contributed by atoms with van der Waals surface area (Å²) in [5, 5.41) is 5.41. The monoisotopic (exact) mass is 219 g/mol. The molecule has 4 heteroatoms. The van der Waals surface area contributed by atoms with Crippen molar-refractivity contribution in [2.45, 2.75) is 12.8 Å². The van der Waals surface area contributed by atoms with Gasteiger partial charge in [0.1, 0.15) is 5.82 Å². The Morgan fingerprint density at radius 3 is 2.75 bits per heavy atom. The Balaban J connectivity index is 2.19. The summed E-state index contributed by atoms with van der Waals surface area (Å²) >= 11 is 0. The van der Waals surface area contributed by atoms with Crippen molar-refractivity contribution in [1.82, 2.24) is 9.78 Å². The molecule has 1 aliphatic heterocycles. The molecule has 1 fully saturated rings. The maximum atomic E-state index is 13.3. The third-order valence-corrected chi connectivity index (χ3v) is 3.20. The van der Waals surface area contributed by atoms with Gasteiger partial charge in [-0.05, 0) is 31.0 Å². The number of nitrogens with zero attached hydrogens (tertiary/aromatic N) is 3. The van der Waals surface area contributed by atoms with Crippen molar-refractivity contribution in [3.8, 4) is 0 Å². The Labute approximate surface area is 93.5 Å². The van der Waals surface area contributed by atoms with Crippen LogP contribution in [0.15, 0.2) is 18.2 Å². The Morgan fingerprint density at radius 1 is 1.25 bits per heavy atom. The van der Waals surface area contributed by atoms with E-state index in [1.54, 1.807) is 12.1 Å². The highest BCUT2D eigenvalue weighted by molar-refractivity contribution is 5.90. The van der Waals surface area contributed by atoms with Crippen molar-refractivity contribution >= 4 is 16.7 Å². The van der Waals surface area contributed by atoms with E-state index in [0.29, 0.717) is 0 Å². The Bertz CT molecular complexity index is 526. The molecule has 2 heterocycles. The van der Waals surface area contributed by atoms with Gasteiger partial charge in [-0.3, -0.25) is 4.68 Å². The molecule has 1 aromatic carbocycles. The number of hydrogen-bond donors (Lipinski definition) is 0. The van der Waals surface area contributed by atoms with E-state index in [-0.39, 0.29) is 5.82 Å². The van der Waals surface area contributed by atoms with Gasteiger partial charge in [0, 0.05) is 25.5 Å². The van der Waals surface area contributed by atoms with Crippen LogP contribution in [0.1, 0.15) is 12.8 Å². The van der Waals surface area contributed by atoms with Gasteiger partial charge in [-0.15, -0.1) is 0 Å². The van der Waals surface area contributed by atoms with Crippen molar-refractivity contribution in [2.24, 2.45) is 7.05 Å². The van der Waals surface area contributed by atoms with Crippen LogP contribution in [0.3, 0.4) is 0 Å². The van der Waals surface area contributed by atoms with Crippen LogP contribution in [0.25, 0.3) is 10.9 Å². The predicted octanol–water partition coefficient (Wildman–Crippen LogP) is 2.31. The number of anilines is 1. The molecule has 0 bridgehead atoms. The summed E-state index contributed by atoms with van der Waals surface area (Å²) in [6.07, 6.45) is 2.40. The fourth-order valence-electron chi connectivity index (χ4n) is 2.38. The van der Waals surface area contributed by atoms with E-state index >= 15 is 0 Å². The van der Waals surface area contributed by atoms with Crippen LogP contribution in [-0.4, -0.2) is 22.9 Å². The van der Waals surface area contributed by atoms with Gasteiger partial charge in [0.2, 0.25) is 0 Å². The number of rotatable bonds is 1. The molecule has 0 atom stereocenters. The molecule has 0 unspecified atom stereocenters. The number of benzene rings is 1. The van der Waals surface area contributed by atoms with Gasteiger partial charge >= 0.3 is 0 Å². The molecule has 3 nitrogen and oxygen atoms in total. The summed E-state index contributed by atoms with van der Waals surface area (Å²) in [5.41, 5.74) is 0.989. The van der Waals surface area contributed by atoms with Gasteiger partial charge in [-0.1, -0.05) is 0 Å². The Hall–Kier alpha value is -1.58. The molecule has 0 saturated carbocycles. The van der Waals surface area contributed by atoms with Crippen molar-refractivity contribution < 1.29 is 4.39 Å². The lowest BCUT2D eigenvalue weighted by atomic mass is 10.2. The van der Waals surface area contributed by atoms with Crippen molar-refractivity contribution in [3.63, 3.8) is 0 Å². The summed E-state index contributed by atoms with van der Waals surface area (Å²) in [5.74, 6) is 0.732. The first-order chi connectivity index (χ1) is 7.75. The maximum Gasteiger partial charge on any atom is 0.158 e. The molecule has 1 saturated heterocycles. The largest absolute Gasteiger partial charge is 0.355 e. The second kappa shape index (κ2) is 3.47. The first-order valence-corrected chi connectivity index (χ1v) is 5.63. The van der Waals surface area contributed by atoms with E-state index in [1.165, 1.54) is 18.9 Å². The highest BCUT2D eigenvalue weighted by atomic mass is 19.1. The number of fused-ring (bicyclic) bond motifs is 1. The second-order valence-corrected chi connectivity index (χ2v) is 4.30. The number of halogens is 1. The average molecular weight is 219 g/mol. The number of aromatic nitrogens is 2. The van der Waals surface area contributed by atoms with Crippen molar-refractivity contribution in [3.05, 3.63) is 24.0 Å². The molecule has 2 aromatic rings. The molecule has 0 aliphatic carbocycles. The zero-order chi connectivity index (χ0) is 11.1. The molecule has 0 amide bonds. The first kappa shape index (κ1) is 9.63.